The van der Waals surface area contributed by atoms with Crippen molar-refractivity contribution in [1.82, 2.24) is 15.2 Å². The molecule has 4 heteroatoms. The van der Waals surface area contributed by atoms with Crippen LogP contribution < -0.4 is 5.32 Å². The van der Waals surface area contributed by atoms with E-state index in [0.717, 1.165) is 18.5 Å². The lowest BCUT2D eigenvalue weighted by Crippen LogP contribution is -2.39. The van der Waals surface area contributed by atoms with Crippen molar-refractivity contribution in [2.75, 3.05) is 20.6 Å². The van der Waals surface area contributed by atoms with Crippen LogP contribution in [0.4, 0.5) is 0 Å². The highest BCUT2D eigenvalue weighted by atomic mass is 15.1. The first-order valence-electron chi connectivity index (χ1n) is 6.75. The highest BCUT2D eigenvalue weighted by Crippen LogP contribution is 2.08. The van der Waals surface area contributed by atoms with Crippen LogP contribution in [0, 0.1) is 17.2 Å². The number of hydrogen-bond donors (Lipinski definition) is 1. The average Bonchev–Trinajstić information content (AvgIpc) is 2.35. The van der Waals surface area contributed by atoms with Gasteiger partial charge in [-0.3, -0.25) is 0 Å². The van der Waals surface area contributed by atoms with Gasteiger partial charge in [-0.1, -0.05) is 19.9 Å². The summed E-state index contributed by atoms with van der Waals surface area (Å²) in [6, 6.07) is 6.41. The second-order valence-corrected chi connectivity index (χ2v) is 5.59. The Morgan fingerprint density at radius 3 is 2.74 bits per heavy atom. The van der Waals surface area contributed by atoms with E-state index in [-0.39, 0.29) is 0 Å². The van der Waals surface area contributed by atoms with Crippen molar-refractivity contribution in [3.8, 4) is 6.07 Å². The molecule has 104 valence electrons. The molecule has 0 saturated carbocycles. The van der Waals surface area contributed by atoms with Crippen molar-refractivity contribution in [3.05, 3.63) is 29.6 Å². The molecular weight excluding hydrogens is 236 g/mol. The third-order valence-electron chi connectivity index (χ3n) is 2.92. The second-order valence-electron chi connectivity index (χ2n) is 5.59. The molecule has 19 heavy (non-hydrogen) atoms. The molecule has 0 aromatic carbocycles. The number of rotatable bonds is 7. The van der Waals surface area contributed by atoms with Crippen LogP contribution in [-0.2, 0) is 6.54 Å². The lowest BCUT2D eigenvalue weighted by molar-refractivity contribution is 0.305. The van der Waals surface area contributed by atoms with Gasteiger partial charge in [-0.15, -0.1) is 0 Å². The molecular formula is C15H24N4. The Kier molecular flexibility index (Phi) is 6.48. The van der Waals surface area contributed by atoms with Crippen LogP contribution in [-0.4, -0.2) is 36.6 Å². The minimum Gasteiger partial charge on any atom is -0.309 e. The van der Waals surface area contributed by atoms with E-state index in [9.17, 15) is 0 Å². The largest absolute Gasteiger partial charge is 0.309 e. The normalized spacial score (nSPS) is 12.7. The number of aromatic nitrogens is 1. The van der Waals surface area contributed by atoms with E-state index in [2.05, 4.69) is 49.2 Å². The number of hydrogen-bond acceptors (Lipinski definition) is 4. The smallest absolute Gasteiger partial charge is 0.144 e. The number of likely N-dealkylation sites (N-methyl/N-ethyl adjacent to an activating group) is 1. The summed E-state index contributed by atoms with van der Waals surface area (Å²) in [5, 5.41) is 12.6. The SMILES string of the molecule is CC(C)CC(CN(C)C)NCc1cccnc1C#N. The van der Waals surface area contributed by atoms with Crippen LogP contribution in [0.15, 0.2) is 18.3 Å². The molecule has 0 radical (unpaired) electrons. The molecule has 4 nitrogen and oxygen atoms in total. The van der Waals surface area contributed by atoms with Gasteiger partial charge in [0.15, 0.2) is 0 Å². The zero-order chi connectivity index (χ0) is 14.3. The van der Waals surface area contributed by atoms with Crippen molar-refractivity contribution in [1.29, 1.82) is 5.26 Å². The fourth-order valence-electron chi connectivity index (χ4n) is 2.17. The molecule has 0 fully saturated rings. The van der Waals surface area contributed by atoms with Gasteiger partial charge in [0.05, 0.1) is 0 Å². The van der Waals surface area contributed by atoms with Gasteiger partial charge in [-0.25, -0.2) is 4.98 Å². The number of nitrogens with one attached hydrogen (secondary N) is 1. The van der Waals surface area contributed by atoms with Crippen LogP contribution in [0.5, 0.6) is 0 Å². The van der Waals surface area contributed by atoms with E-state index < -0.39 is 0 Å². The molecule has 1 aromatic heterocycles. The van der Waals surface area contributed by atoms with Crippen molar-refractivity contribution in [2.45, 2.75) is 32.9 Å². The predicted molar refractivity (Wildman–Crippen MR) is 77.6 cm³/mol. The van der Waals surface area contributed by atoms with Crippen LogP contribution in [0.25, 0.3) is 0 Å². The Bertz CT molecular complexity index is 410. The quantitative estimate of drug-likeness (QED) is 0.815. The van der Waals surface area contributed by atoms with Gasteiger partial charge >= 0.3 is 0 Å². The first-order chi connectivity index (χ1) is 9.02. The fraction of sp³-hybridized carbons (Fsp3) is 0.600. The zero-order valence-electron chi connectivity index (χ0n) is 12.3. The third-order valence-corrected chi connectivity index (χ3v) is 2.92. The second kappa shape index (κ2) is 7.88. The average molecular weight is 260 g/mol. The first-order valence-corrected chi connectivity index (χ1v) is 6.75. The Labute approximate surface area is 116 Å². The zero-order valence-corrected chi connectivity index (χ0v) is 12.3. The van der Waals surface area contributed by atoms with Gasteiger partial charge in [-0.05, 0) is 32.5 Å². The Morgan fingerprint density at radius 1 is 1.42 bits per heavy atom. The maximum atomic E-state index is 9.03. The van der Waals surface area contributed by atoms with Crippen LogP contribution in [0.1, 0.15) is 31.5 Å². The van der Waals surface area contributed by atoms with Crippen LogP contribution >= 0.6 is 0 Å². The van der Waals surface area contributed by atoms with E-state index >= 15 is 0 Å². The van der Waals surface area contributed by atoms with Gasteiger partial charge in [0.25, 0.3) is 0 Å². The molecule has 1 aromatic rings. The van der Waals surface area contributed by atoms with E-state index in [1.54, 1.807) is 6.20 Å². The van der Waals surface area contributed by atoms with E-state index in [0.29, 0.717) is 24.2 Å². The molecule has 1 heterocycles. The summed E-state index contributed by atoms with van der Waals surface area (Å²) in [5.74, 6) is 0.654. The minimum absolute atomic E-state index is 0.432. The topological polar surface area (TPSA) is 52.0 Å². The minimum atomic E-state index is 0.432. The molecule has 0 spiro atoms. The molecule has 1 unspecified atom stereocenters. The molecule has 1 atom stereocenters. The molecule has 1 N–H and O–H groups in total. The van der Waals surface area contributed by atoms with Gasteiger partial charge in [0.1, 0.15) is 11.8 Å². The van der Waals surface area contributed by atoms with Crippen molar-refractivity contribution in [2.24, 2.45) is 5.92 Å². The summed E-state index contributed by atoms with van der Waals surface area (Å²) in [4.78, 5) is 6.27. The third kappa shape index (κ3) is 5.82. The van der Waals surface area contributed by atoms with Crippen molar-refractivity contribution in [3.63, 3.8) is 0 Å². The molecule has 1 rings (SSSR count). The highest BCUT2D eigenvalue weighted by Gasteiger charge is 2.12. The summed E-state index contributed by atoms with van der Waals surface area (Å²) in [7, 11) is 4.17. The fourth-order valence-corrected chi connectivity index (χ4v) is 2.17. The highest BCUT2D eigenvalue weighted by molar-refractivity contribution is 5.30. The Hall–Kier alpha value is -1.44. The lowest BCUT2D eigenvalue weighted by Gasteiger charge is -2.24. The Balaban J connectivity index is 2.62. The van der Waals surface area contributed by atoms with Gasteiger partial charge in [0.2, 0.25) is 0 Å². The summed E-state index contributed by atoms with van der Waals surface area (Å²) in [5.41, 5.74) is 1.49. The molecule has 0 aliphatic carbocycles. The molecule has 0 bridgehead atoms. The predicted octanol–water partition coefficient (Wildman–Crippen LogP) is 2.02. The monoisotopic (exact) mass is 260 g/mol. The first kappa shape index (κ1) is 15.6. The number of pyridine rings is 1. The molecule has 0 saturated heterocycles. The van der Waals surface area contributed by atoms with Crippen molar-refractivity contribution < 1.29 is 0 Å². The summed E-state index contributed by atoms with van der Waals surface area (Å²) in [6.45, 7) is 6.16. The van der Waals surface area contributed by atoms with Gasteiger partial charge in [0, 0.05) is 30.9 Å². The summed E-state index contributed by atoms with van der Waals surface area (Å²) >= 11 is 0. The number of nitriles is 1. The molecule has 0 aliphatic heterocycles. The van der Waals surface area contributed by atoms with Gasteiger partial charge < -0.3 is 10.2 Å². The summed E-state index contributed by atoms with van der Waals surface area (Å²) in [6.07, 6.45) is 2.79. The van der Waals surface area contributed by atoms with E-state index in [4.69, 9.17) is 5.26 Å². The Morgan fingerprint density at radius 2 is 2.16 bits per heavy atom. The number of nitrogens with zero attached hydrogens (tertiary/aromatic N) is 3. The molecule has 0 amide bonds. The maximum absolute atomic E-state index is 9.03. The maximum Gasteiger partial charge on any atom is 0.144 e. The van der Waals surface area contributed by atoms with E-state index in [1.165, 1.54) is 0 Å². The van der Waals surface area contributed by atoms with E-state index in [1.807, 2.05) is 12.1 Å². The van der Waals surface area contributed by atoms with Crippen LogP contribution in [0.3, 0.4) is 0 Å². The molecule has 0 aliphatic rings. The van der Waals surface area contributed by atoms with Crippen LogP contribution in [0.2, 0.25) is 0 Å². The lowest BCUT2D eigenvalue weighted by atomic mass is 10.0. The summed E-state index contributed by atoms with van der Waals surface area (Å²) < 4.78 is 0. The standard InChI is InChI=1S/C15H24N4/c1-12(2)8-14(11-19(3)4)18-10-13-6-5-7-17-15(13)9-16/h5-7,12,14,18H,8,10-11H2,1-4H3. The van der Waals surface area contributed by atoms with Crippen molar-refractivity contribution >= 4 is 0 Å². The van der Waals surface area contributed by atoms with Gasteiger partial charge in [-0.2, -0.15) is 5.26 Å².